The van der Waals surface area contributed by atoms with Gasteiger partial charge in [-0.1, -0.05) is 11.6 Å². The monoisotopic (exact) mass is 272 g/mol. The Labute approximate surface area is 111 Å². The van der Waals surface area contributed by atoms with Crippen LogP contribution in [-0.2, 0) is 0 Å². The molecule has 1 heterocycles. The Hall–Kier alpha value is -1.33. The molecule has 1 aromatic heterocycles. The number of carboxylic acids is 1. The number of hydrogen-bond donors (Lipinski definition) is 2. The van der Waals surface area contributed by atoms with Crippen molar-refractivity contribution in [3.8, 4) is 0 Å². The molecule has 0 aliphatic heterocycles. The largest absolute Gasteiger partial charge is 0.476 e. The predicted octanol–water partition coefficient (Wildman–Crippen LogP) is 2.03. The van der Waals surface area contributed by atoms with Crippen LogP contribution in [0.25, 0.3) is 0 Å². The highest BCUT2D eigenvalue weighted by Gasteiger charge is 2.16. The molecule has 0 spiro atoms. The highest BCUT2D eigenvalue weighted by Crippen LogP contribution is 2.21. The van der Waals surface area contributed by atoms with E-state index in [0.29, 0.717) is 18.8 Å². The molecular formula is C12H17ClN2O3. The minimum atomic E-state index is -1.15. The third kappa shape index (κ3) is 3.58. The first-order valence-electron chi connectivity index (χ1n) is 5.74. The summed E-state index contributed by atoms with van der Waals surface area (Å²) in [6, 6.07) is 3.38. The van der Waals surface area contributed by atoms with Crippen molar-refractivity contribution in [2.45, 2.75) is 26.3 Å². The van der Waals surface area contributed by atoms with Crippen molar-refractivity contribution in [1.29, 1.82) is 0 Å². The first-order chi connectivity index (χ1) is 8.47. The molecule has 0 saturated carbocycles. The van der Waals surface area contributed by atoms with Crippen LogP contribution in [0.5, 0.6) is 0 Å². The van der Waals surface area contributed by atoms with E-state index in [-0.39, 0.29) is 23.4 Å². The second-order valence-corrected chi connectivity index (χ2v) is 4.58. The zero-order valence-corrected chi connectivity index (χ0v) is 11.2. The van der Waals surface area contributed by atoms with Gasteiger partial charge in [0.25, 0.3) is 0 Å². The summed E-state index contributed by atoms with van der Waals surface area (Å²) in [4.78, 5) is 17.0. The first kappa shape index (κ1) is 14.7. The molecule has 0 bridgehead atoms. The van der Waals surface area contributed by atoms with Crippen molar-refractivity contribution in [2.75, 3.05) is 18.1 Å². The summed E-state index contributed by atoms with van der Waals surface area (Å²) in [5.74, 6) is -0.590. The zero-order chi connectivity index (χ0) is 13.7. The average Bonchev–Trinajstić information content (AvgIpc) is 2.30. The van der Waals surface area contributed by atoms with Crippen molar-refractivity contribution in [1.82, 2.24) is 4.98 Å². The number of aromatic nitrogens is 1. The lowest BCUT2D eigenvalue weighted by molar-refractivity contribution is 0.0690. The number of aliphatic hydroxyl groups is 1. The lowest BCUT2D eigenvalue weighted by atomic mass is 10.2. The number of aromatic carboxylic acids is 1. The number of rotatable bonds is 6. The smallest absolute Gasteiger partial charge is 0.356 e. The Balaban J connectivity index is 3.05. The van der Waals surface area contributed by atoms with E-state index in [0.717, 1.165) is 0 Å². The van der Waals surface area contributed by atoms with E-state index in [2.05, 4.69) is 4.98 Å². The van der Waals surface area contributed by atoms with Gasteiger partial charge in [0.05, 0.1) is 5.02 Å². The molecule has 2 N–H and O–H groups in total. The summed E-state index contributed by atoms with van der Waals surface area (Å²) in [6.07, 6.45) is 0.602. The van der Waals surface area contributed by atoms with Crippen molar-refractivity contribution in [3.63, 3.8) is 0 Å². The molecule has 0 saturated heterocycles. The molecule has 0 aliphatic rings. The van der Waals surface area contributed by atoms with Gasteiger partial charge >= 0.3 is 5.97 Å². The Morgan fingerprint density at radius 1 is 1.50 bits per heavy atom. The van der Waals surface area contributed by atoms with Crippen molar-refractivity contribution in [3.05, 3.63) is 22.8 Å². The zero-order valence-electron chi connectivity index (χ0n) is 10.4. The Morgan fingerprint density at radius 3 is 2.67 bits per heavy atom. The van der Waals surface area contributed by atoms with Gasteiger partial charge in [-0.2, -0.15) is 0 Å². The number of aliphatic hydroxyl groups excluding tert-OH is 1. The molecule has 5 nitrogen and oxygen atoms in total. The van der Waals surface area contributed by atoms with E-state index in [4.69, 9.17) is 21.8 Å². The molecule has 0 aliphatic carbocycles. The summed E-state index contributed by atoms with van der Waals surface area (Å²) in [7, 11) is 0. The number of carboxylic acid groups (broad SMARTS) is 1. The third-order valence-corrected chi connectivity index (χ3v) is 2.81. The van der Waals surface area contributed by atoms with Crippen molar-refractivity contribution < 1.29 is 15.0 Å². The second-order valence-electron chi connectivity index (χ2n) is 4.17. The molecule has 1 rings (SSSR count). The van der Waals surface area contributed by atoms with Crippen LogP contribution in [0.1, 0.15) is 30.8 Å². The molecule has 6 heteroatoms. The number of pyridine rings is 1. The highest BCUT2D eigenvalue weighted by atomic mass is 35.5. The van der Waals surface area contributed by atoms with Crippen molar-refractivity contribution in [2.24, 2.45) is 0 Å². The van der Waals surface area contributed by atoms with E-state index in [1.54, 1.807) is 6.07 Å². The minimum Gasteiger partial charge on any atom is -0.476 e. The summed E-state index contributed by atoms with van der Waals surface area (Å²) >= 11 is 5.78. The molecule has 0 fully saturated rings. The summed E-state index contributed by atoms with van der Waals surface area (Å²) < 4.78 is 0. The van der Waals surface area contributed by atoms with Crippen LogP contribution in [0, 0.1) is 0 Å². The molecular weight excluding hydrogens is 256 g/mol. The van der Waals surface area contributed by atoms with Crippen LogP contribution in [0.2, 0.25) is 5.02 Å². The van der Waals surface area contributed by atoms with Gasteiger partial charge in [0.2, 0.25) is 0 Å². The SMILES string of the molecule is CC(C)N(CCCO)c1ccc(Cl)c(C(=O)O)n1. The van der Waals surface area contributed by atoms with Crippen LogP contribution in [-0.4, -0.2) is 40.4 Å². The lowest BCUT2D eigenvalue weighted by Gasteiger charge is -2.27. The molecule has 0 amide bonds. The quantitative estimate of drug-likeness (QED) is 0.829. The lowest BCUT2D eigenvalue weighted by Crippen LogP contribution is -2.33. The maximum Gasteiger partial charge on any atom is 0.356 e. The normalized spacial score (nSPS) is 10.7. The fourth-order valence-electron chi connectivity index (χ4n) is 1.62. The van der Waals surface area contributed by atoms with Crippen LogP contribution >= 0.6 is 11.6 Å². The maximum atomic E-state index is 11.0. The summed E-state index contributed by atoms with van der Waals surface area (Å²) in [5, 5.41) is 18.0. The molecule has 1 aromatic rings. The highest BCUT2D eigenvalue weighted by molar-refractivity contribution is 6.33. The van der Waals surface area contributed by atoms with Crippen molar-refractivity contribution >= 4 is 23.4 Å². The van der Waals surface area contributed by atoms with Crippen LogP contribution in [0.3, 0.4) is 0 Å². The molecule has 0 unspecified atom stereocenters. The predicted molar refractivity (Wildman–Crippen MR) is 70.4 cm³/mol. The van der Waals surface area contributed by atoms with Gasteiger partial charge in [-0.25, -0.2) is 9.78 Å². The summed E-state index contributed by atoms with van der Waals surface area (Å²) in [6.45, 7) is 4.66. The molecule has 0 aromatic carbocycles. The van der Waals surface area contributed by atoms with Gasteiger partial charge in [-0.15, -0.1) is 0 Å². The van der Waals surface area contributed by atoms with Gasteiger partial charge < -0.3 is 15.1 Å². The van der Waals surface area contributed by atoms with Crippen LogP contribution in [0.4, 0.5) is 5.82 Å². The molecule has 18 heavy (non-hydrogen) atoms. The van der Waals surface area contributed by atoms with E-state index in [9.17, 15) is 4.79 Å². The molecule has 0 atom stereocenters. The van der Waals surface area contributed by atoms with E-state index < -0.39 is 5.97 Å². The fourth-order valence-corrected chi connectivity index (χ4v) is 1.81. The number of hydrogen-bond acceptors (Lipinski definition) is 4. The first-order valence-corrected chi connectivity index (χ1v) is 6.12. The average molecular weight is 273 g/mol. The third-order valence-electron chi connectivity index (χ3n) is 2.51. The van der Waals surface area contributed by atoms with Gasteiger partial charge in [0.1, 0.15) is 5.82 Å². The topological polar surface area (TPSA) is 73.7 Å². The number of halogens is 1. The van der Waals surface area contributed by atoms with E-state index in [1.807, 2.05) is 18.7 Å². The van der Waals surface area contributed by atoms with E-state index in [1.165, 1.54) is 6.07 Å². The number of anilines is 1. The standard InChI is InChI=1S/C12H17ClN2O3/c1-8(2)15(6-3-7-16)10-5-4-9(13)11(14-10)12(17)18/h4-5,8,16H,3,6-7H2,1-2H3,(H,17,18). The number of carbonyl (C=O) groups is 1. The second kappa shape index (κ2) is 6.56. The van der Waals surface area contributed by atoms with Gasteiger partial charge in [-0.3, -0.25) is 0 Å². The number of nitrogens with zero attached hydrogens (tertiary/aromatic N) is 2. The Morgan fingerprint density at radius 2 is 2.17 bits per heavy atom. The van der Waals surface area contributed by atoms with Gasteiger partial charge in [0.15, 0.2) is 5.69 Å². The Bertz CT molecular complexity index is 424. The minimum absolute atomic E-state index is 0.0859. The summed E-state index contributed by atoms with van der Waals surface area (Å²) in [5.41, 5.74) is -0.149. The van der Waals surface area contributed by atoms with Crippen LogP contribution < -0.4 is 4.90 Å². The molecule has 100 valence electrons. The molecule has 0 radical (unpaired) electrons. The maximum absolute atomic E-state index is 11.0. The Kier molecular flexibility index (Phi) is 5.37. The van der Waals surface area contributed by atoms with Gasteiger partial charge in [0, 0.05) is 19.2 Å². The van der Waals surface area contributed by atoms with Gasteiger partial charge in [-0.05, 0) is 32.4 Å². The van der Waals surface area contributed by atoms with Crippen LogP contribution in [0.15, 0.2) is 12.1 Å². The fraction of sp³-hybridized carbons (Fsp3) is 0.500. The van der Waals surface area contributed by atoms with E-state index >= 15 is 0 Å².